The summed E-state index contributed by atoms with van der Waals surface area (Å²) >= 11 is 3.53. The van der Waals surface area contributed by atoms with Crippen LogP contribution < -0.4 is 11.1 Å². The van der Waals surface area contributed by atoms with E-state index in [2.05, 4.69) is 39.2 Å². The Bertz CT molecular complexity index is 582. The molecule has 0 bridgehead atoms. The zero-order valence-corrected chi connectivity index (χ0v) is 12.8. The van der Waals surface area contributed by atoms with Gasteiger partial charge in [-0.25, -0.2) is 0 Å². The van der Waals surface area contributed by atoms with Gasteiger partial charge in [0.2, 0.25) is 0 Å². The third kappa shape index (κ3) is 3.26. The molecular weight excluding hydrogens is 302 g/mol. The Hall–Kier alpha value is -1.55. The summed E-state index contributed by atoms with van der Waals surface area (Å²) in [5.74, 6) is 0. The summed E-state index contributed by atoms with van der Waals surface area (Å²) in [5, 5.41) is 3.41. The van der Waals surface area contributed by atoms with Gasteiger partial charge in [-0.05, 0) is 58.6 Å². The van der Waals surface area contributed by atoms with Gasteiger partial charge in [0.1, 0.15) is 0 Å². The predicted octanol–water partition coefficient (Wildman–Crippen LogP) is 3.91. The predicted molar refractivity (Wildman–Crippen MR) is 84.2 cm³/mol. The molecule has 100 valence electrons. The Kier molecular flexibility index (Phi) is 4.43. The maximum Gasteiger partial charge on any atom is 0.0626 e. The highest BCUT2D eigenvalue weighted by Crippen LogP contribution is 2.28. The number of nitrogens with one attached hydrogen (secondary N) is 1. The van der Waals surface area contributed by atoms with Crippen molar-refractivity contribution in [2.45, 2.75) is 26.8 Å². The molecular formula is C15H18BrN3. The zero-order chi connectivity index (χ0) is 13.8. The molecule has 19 heavy (non-hydrogen) atoms. The van der Waals surface area contributed by atoms with Crippen LogP contribution in [-0.4, -0.2) is 4.98 Å². The number of nitrogens with zero attached hydrogens (tertiary/aromatic N) is 1. The topological polar surface area (TPSA) is 50.9 Å². The van der Waals surface area contributed by atoms with E-state index in [1.807, 2.05) is 31.3 Å². The first-order valence-corrected chi connectivity index (χ1v) is 7.13. The van der Waals surface area contributed by atoms with Crippen LogP contribution in [0.15, 0.2) is 34.9 Å². The van der Waals surface area contributed by atoms with Gasteiger partial charge in [0, 0.05) is 22.0 Å². The second-order valence-corrected chi connectivity index (χ2v) is 5.36. The van der Waals surface area contributed by atoms with E-state index in [1.165, 1.54) is 5.56 Å². The van der Waals surface area contributed by atoms with Gasteiger partial charge in [0.15, 0.2) is 0 Å². The number of rotatable bonds is 4. The maximum absolute atomic E-state index is 5.87. The van der Waals surface area contributed by atoms with E-state index in [0.717, 1.165) is 33.5 Å². The molecule has 0 saturated heterocycles. The minimum Gasteiger partial charge on any atom is -0.398 e. The molecule has 0 amide bonds. The van der Waals surface area contributed by atoms with Gasteiger partial charge in [-0.1, -0.05) is 13.0 Å². The van der Waals surface area contributed by atoms with E-state index in [9.17, 15) is 0 Å². The van der Waals surface area contributed by atoms with Crippen molar-refractivity contribution in [3.05, 3.63) is 51.8 Å². The number of nitrogens with two attached hydrogens (primary N) is 1. The Labute approximate surface area is 122 Å². The van der Waals surface area contributed by atoms with E-state index in [-0.39, 0.29) is 0 Å². The highest BCUT2D eigenvalue weighted by molar-refractivity contribution is 9.10. The van der Waals surface area contributed by atoms with Gasteiger partial charge >= 0.3 is 0 Å². The monoisotopic (exact) mass is 319 g/mol. The van der Waals surface area contributed by atoms with Gasteiger partial charge in [0.05, 0.1) is 12.2 Å². The van der Waals surface area contributed by atoms with Crippen LogP contribution in [0.4, 0.5) is 11.4 Å². The summed E-state index contributed by atoms with van der Waals surface area (Å²) in [6.07, 6.45) is 2.83. The van der Waals surface area contributed by atoms with E-state index in [1.54, 1.807) is 0 Å². The highest BCUT2D eigenvalue weighted by Gasteiger charge is 2.05. The van der Waals surface area contributed by atoms with E-state index < -0.39 is 0 Å². The molecule has 1 heterocycles. The lowest BCUT2D eigenvalue weighted by atomic mass is 10.1. The van der Waals surface area contributed by atoms with Crippen molar-refractivity contribution in [1.82, 2.24) is 4.98 Å². The molecule has 0 radical (unpaired) electrons. The quantitative estimate of drug-likeness (QED) is 0.840. The third-order valence-corrected chi connectivity index (χ3v) is 3.82. The normalized spacial score (nSPS) is 10.5. The number of hydrogen-bond acceptors (Lipinski definition) is 3. The van der Waals surface area contributed by atoms with Gasteiger partial charge in [0.25, 0.3) is 0 Å². The van der Waals surface area contributed by atoms with Crippen LogP contribution in [0.3, 0.4) is 0 Å². The first kappa shape index (κ1) is 13.9. The number of aromatic nitrogens is 1. The zero-order valence-electron chi connectivity index (χ0n) is 11.2. The average Bonchev–Trinajstić information content (AvgIpc) is 2.41. The molecule has 0 spiro atoms. The van der Waals surface area contributed by atoms with Crippen molar-refractivity contribution in [2.75, 3.05) is 11.1 Å². The molecule has 0 fully saturated rings. The number of anilines is 2. The summed E-state index contributed by atoms with van der Waals surface area (Å²) < 4.78 is 0.976. The standard InChI is InChI=1S/C15H18BrN3/c1-3-11-5-4-6-18-15(11)9-19-14-7-10(2)13(17)8-12(14)16/h4-8,19H,3,9,17H2,1-2H3. The molecule has 4 heteroatoms. The molecule has 0 unspecified atom stereocenters. The number of nitrogen functional groups attached to an aromatic ring is 1. The molecule has 2 rings (SSSR count). The van der Waals surface area contributed by atoms with Crippen molar-refractivity contribution in [3.8, 4) is 0 Å². The number of pyridine rings is 1. The van der Waals surface area contributed by atoms with E-state index in [0.29, 0.717) is 6.54 Å². The van der Waals surface area contributed by atoms with Gasteiger partial charge in [-0.15, -0.1) is 0 Å². The average molecular weight is 320 g/mol. The maximum atomic E-state index is 5.87. The second kappa shape index (κ2) is 6.06. The Balaban J connectivity index is 2.17. The van der Waals surface area contributed by atoms with Crippen LogP contribution in [-0.2, 0) is 13.0 Å². The molecule has 0 aliphatic rings. The highest BCUT2D eigenvalue weighted by atomic mass is 79.9. The third-order valence-electron chi connectivity index (χ3n) is 3.17. The molecule has 2 aromatic rings. The fourth-order valence-electron chi connectivity index (χ4n) is 1.96. The summed E-state index contributed by atoms with van der Waals surface area (Å²) in [4.78, 5) is 4.43. The first-order chi connectivity index (χ1) is 9.11. The van der Waals surface area contributed by atoms with Crippen LogP contribution >= 0.6 is 15.9 Å². The second-order valence-electron chi connectivity index (χ2n) is 4.50. The van der Waals surface area contributed by atoms with Crippen molar-refractivity contribution < 1.29 is 0 Å². The molecule has 3 nitrogen and oxygen atoms in total. The smallest absolute Gasteiger partial charge is 0.0626 e. The Morgan fingerprint density at radius 1 is 1.37 bits per heavy atom. The number of hydrogen-bond donors (Lipinski definition) is 2. The van der Waals surface area contributed by atoms with Crippen LogP contribution in [0.1, 0.15) is 23.7 Å². The van der Waals surface area contributed by atoms with Crippen molar-refractivity contribution >= 4 is 27.3 Å². The summed E-state index contributed by atoms with van der Waals surface area (Å²) in [6, 6.07) is 8.07. The van der Waals surface area contributed by atoms with E-state index in [4.69, 9.17) is 5.73 Å². The molecule has 0 aliphatic heterocycles. The Morgan fingerprint density at radius 3 is 2.89 bits per heavy atom. The molecule has 1 aromatic heterocycles. The molecule has 1 aromatic carbocycles. The van der Waals surface area contributed by atoms with Gasteiger partial charge in [-0.3, -0.25) is 4.98 Å². The summed E-state index contributed by atoms with van der Waals surface area (Å²) in [6.45, 7) is 4.86. The molecule has 0 saturated carbocycles. The minimum absolute atomic E-state index is 0.714. The van der Waals surface area contributed by atoms with Crippen LogP contribution in [0.25, 0.3) is 0 Å². The van der Waals surface area contributed by atoms with Gasteiger partial charge < -0.3 is 11.1 Å². The molecule has 3 N–H and O–H groups in total. The fraction of sp³-hybridized carbons (Fsp3) is 0.267. The SMILES string of the molecule is CCc1cccnc1CNc1cc(C)c(N)cc1Br. The minimum atomic E-state index is 0.714. The fourth-order valence-corrected chi connectivity index (χ4v) is 2.46. The van der Waals surface area contributed by atoms with Crippen molar-refractivity contribution in [2.24, 2.45) is 0 Å². The summed E-state index contributed by atoms with van der Waals surface area (Å²) in [5.41, 5.74) is 11.1. The van der Waals surface area contributed by atoms with Gasteiger partial charge in [-0.2, -0.15) is 0 Å². The molecule has 0 atom stereocenters. The largest absolute Gasteiger partial charge is 0.398 e. The number of benzene rings is 1. The number of aryl methyl sites for hydroxylation is 2. The van der Waals surface area contributed by atoms with Crippen LogP contribution in [0.5, 0.6) is 0 Å². The van der Waals surface area contributed by atoms with Crippen molar-refractivity contribution in [1.29, 1.82) is 0 Å². The lowest BCUT2D eigenvalue weighted by Crippen LogP contribution is -2.06. The van der Waals surface area contributed by atoms with Crippen LogP contribution in [0.2, 0.25) is 0 Å². The lowest BCUT2D eigenvalue weighted by Gasteiger charge is -2.12. The lowest BCUT2D eigenvalue weighted by molar-refractivity contribution is 0.971. The molecule has 0 aliphatic carbocycles. The number of halogens is 1. The first-order valence-electron chi connectivity index (χ1n) is 6.34. The Morgan fingerprint density at radius 2 is 2.16 bits per heavy atom. The van der Waals surface area contributed by atoms with Crippen molar-refractivity contribution in [3.63, 3.8) is 0 Å². The van der Waals surface area contributed by atoms with Crippen LogP contribution in [0, 0.1) is 6.92 Å². The van der Waals surface area contributed by atoms with E-state index >= 15 is 0 Å². The summed E-state index contributed by atoms with van der Waals surface area (Å²) in [7, 11) is 0.